The van der Waals surface area contributed by atoms with Crippen LogP contribution >= 0.6 is 0 Å². The highest BCUT2D eigenvalue weighted by Gasteiger charge is 2.45. The van der Waals surface area contributed by atoms with E-state index >= 15 is 0 Å². The first-order valence-corrected chi connectivity index (χ1v) is 7.43. The average molecular weight is 266 g/mol. The van der Waals surface area contributed by atoms with Crippen molar-refractivity contribution in [2.45, 2.75) is 63.1 Å². The van der Waals surface area contributed by atoms with Crippen molar-refractivity contribution in [3.63, 3.8) is 0 Å². The highest BCUT2D eigenvalue weighted by atomic mass is 16.4. The molecule has 5 heteroatoms. The number of hydrogen-bond acceptors (Lipinski definition) is 3. The first kappa shape index (κ1) is 12.9. The van der Waals surface area contributed by atoms with Crippen molar-refractivity contribution < 1.29 is 14.7 Å². The van der Waals surface area contributed by atoms with Gasteiger partial charge in [-0.3, -0.25) is 14.5 Å². The molecule has 0 spiro atoms. The Morgan fingerprint density at radius 3 is 2.58 bits per heavy atom. The summed E-state index contributed by atoms with van der Waals surface area (Å²) in [6.45, 7) is 0.259. The minimum absolute atomic E-state index is 0.0000246. The van der Waals surface area contributed by atoms with Crippen LogP contribution in [0.25, 0.3) is 0 Å². The standard InChI is InChI=1S/C14H22N2O3/c17-13(15-10-5-6-10)8-16-11-4-2-1-3-9(11)7-12(16)14(18)19/h9-12H,1-8H2,(H,15,17)(H,18,19)/t9-,11+,12-/m0/s1. The first-order chi connectivity index (χ1) is 9.15. The van der Waals surface area contributed by atoms with Gasteiger partial charge in [-0.1, -0.05) is 12.8 Å². The Bertz CT molecular complexity index is 381. The molecule has 106 valence electrons. The number of amides is 1. The van der Waals surface area contributed by atoms with Crippen LogP contribution < -0.4 is 5.32 Å². The van der Waals surface area contributed by atoms with Gasteiger partial charge in [-0.05, 0) is 38.0 Å². The van der Waals surface area contributed by atoms with Gasteiger partial charge in [0.2, 0.25) is 5.91 Å². The smallest absolute Gasteiger partial charge is 0.320 e. The molecule has 0 radical (unpaired) electrons. The van der Waals surface area contributed by atoms with E-state index in [-0.39, 0.29) is 12.5 Å². The molecule has 3 atom stereocenters. The maximum absolute atomic E-state index is 11.9. The van der Waals surface area contributed by atoms with Crippen LogP contribution in [0.5, 0.6) is 0 Å². The summed E-state index contributed by atoms with van der Waals surface area (Å²) in [6.07, 6.45) is 7.39. The topological polar surface area (TPSA) is 69.6 Å². The van der Waals surface area contributed by atoms with E-state index in [0.29, 0.717) is 18.0 Å². The van der Waals surface area contributed by atoms with E-state index in [0.717, 1.165) is 38.5 Å². The molecule has 2 saturated carbocycles. The number of hydrogen-bond donors (Lipinski definition) is 2. The predicted octanol–water partition coefficient (Wildman–Crippen LogP) is 0.983. The fraction of sp³-hybridized carbons (Fsp3) is 0.857. The summed E-state index contributed by atoms with van der Waals surface area (Å²) in [6, 6.07) is 0.193. The molecule has 19 heavy (non-hydrogen) atoms. The number of rotatable bonds is 4. The van der Waals surface area contributed by atoms with Crippen molar-refractivity contribution in [2.24, 2.45) is 5.92 Å². The number of carbonyl (C=O) groups excluding carboxylic acids is 1. The summed E-state index contributed by atoms with van der Waals surface area (Å²) in [7, 11) is 0. The zero-order chi connectivity index (χ0) is 13.4. The number of carboxylic acids is 1. The molecular weight excluding hydrogens is 244 g/mol. The summed E-state index contributed by atoms with van der Waals surface area (Å²) in [4.78, 5) is 25.3. The third-order valence-electron chi connectivity index (χ3n) is 4.77. The molecule has 3 rings (SSSR count). The van der Waals surface area contributed by atoms with Crippen LogP contribution in [0.1, 0.15) is 44.9 Å². The number of nitrogens with one attached hydrogen (secondary N) is 1. The molecule has 3 aliphatic rings. The van der Waals surface area contributed by atoms with Crippen molar-refractivity contribution in [3.8, 4) is 0 Å². The highest BCUT2D eigenvalue weighted by molar-refractivity contribution is 5.80. The Morgan fingerprint density at radius 2 is 1.89 bits per heavy atom. The number of aliphatic carboxylic acids is 1. The van der Waals surface area contributed by atoms with Crippen molar-refractivity contribution in [3.05, 3.63) is 0 Å². The van der Waals surface area contributed by atoms with Crippen molar-refractivity contribution in [1.82, 2.24) is 10.2 Å². The molecule has 1 aliphatic heterocycles. The Morgan fingerprint density at radius 1 is 1.16 bits per heavy atom. The molecule has 0 aromatic carbocycles. The third kappa shape index (κ3) is 2.76. The second-order valence-corrected chi connectivity index (χ2v) is 6.22. The van der Waals surface area contributed by atoms with E-state index in [1.165, 1.54) is 6.42 Å². The summed E-state index contributed by atoms with van der Waals surface area (Å²) >= 11 is 0. The van der Waals surface area contributed by atoms with Crippen molar-refractivity contribution >= 4 is 11.9 Å². The van der Waals surface area contributed by atoms with E-state index in [1.54, 1.807) is 0 Å². The fourth-order valence-electron chi connectivity index (χ4n) is 3.69. The van der Waals surface area contributed by atoms with Crippen LogP contribution in [0.3, 0.4) is 0 Å². The van der Waals surface area contributed by atoms with Crippen molar-refractivity contribution in [1.29, 1.82) is 0 Å². The van der Waals surface area contributed by atoms with Gasteiger partial charge in [0, 0.05) is 12.1 Å². The molecule has 2 aliphatic carbocycles. The number of fused-ring (bicyclic) bond motifs is 1. The SMILES string of the molecule is O=C(CN1[C@@H]2CCCC[C@H]2C[C@H]1C(=O)O)NC1CC1. The minimum atomic E-state index is -0.770. The molecule has 0 bridgehead atoms. The van der Waals surface area contributed by atoms with Gasteiger partial charge < -0.3 is 10.4 Å². The molecule has 0 aromatic heterocycles. The van der Waals surface area contributed by atoms with Gasteiger partial charge in [-0.15, -0.1) is 0 Å². The normalized spacial score (nSPS) is 34.8. The van der Waals surface area contributed by atoms with E-state index in [2.05, 4.69) is 5.32 Å². The number of likely N-dealkylation sites (tertiary alicyclic amines) is 1. The number of nitrogens with zero attached hydrogens (tertiary/aromatic N) is 1. The van der Waals surface area contributed by atoms with E-state index in [9.17, 15) is 14.7 Å². The summed E-state index contributed by atoms with van der Waals surface area (Å²) in [5, 5.41) is 12.3. The summed E-state index contributed by atoms with van der Waals surface area (Å²) < 4.78 is 0. The molecule has 0 unspecified atom stereocenters. The maximum Gasteiger partial charge on any atom is 0.320 e. The zero-order valence-electron chi connectivity index (χ0n) is 11.2. The summed E-state index contributed by atoms with van der Waals surface area (Å²) in [5.74, 6) is -0.294. The molecule has 1 amide bonds. The predicted molar refractivity (Wildman–Crippen MR) is 69.7 cm³/mol. The Labute approximate surface area is 113 Å². The Hall–Kier alpha value is -1.10. The monoisotopic (exact) mass is 266 g/mol. The van der Waals surface area contributed by atoms with Crippen LogP contribution in [-0.2, 0) is 9.59 Å². The van der Waals surface area contributed by atoms with Gasteiger partial charge in [-0.25, -0.2) is 0 Å². The lowest BCUT2D eigenvalue weighted by Gasteiger charge is -2.32. The zero-order valence-corrected chi connectivity index (χ0v) is 11.2. The average Bonchev–Trinajstić information content (AvgIpc) is 3.10. The van der Waals surface area contributed by atoms with Gasteiger partial charge in [0.1, 0.15) is 6.04 Å². The molecule has 0 aromatic rings. The van der Waals surface area contributed by atoms with Crippen LogP contribution in [0.2, 0.25) is 0 Å². The van der Waals surface area contributed by atoms with Gasteiger partial charge in [-0.2, -0.15) is 0 Å². The highest BCUT2D eigenvalue weighted by Crippen LogP contribution is 2.39. The molecule has 3 fully saturated rings. The molecule has 1 heterocycles. The second kappa shape index (κ2) is 5.12. The fourth-order valence-corrected chi connectivity index (χ4v) is 3.69. The van der Waals surface area contributed by atoms with E-state index in [1.807, 2.05) is 4.90 Å². The largest absolute Gasteiger partial charge is 0.480 e. The third-order valence-corrected chi connectivity index (χ3v) is 4.77. The number of carbonyl (C=O) groups is 2. The van der Waals surface area contributed by atoms with Gasteiger partial charge >= 0.3 is 5.97 Å². The lowest BCUT2D eigenvalue weighted by atomic mass is 9.85. The Balaban J connectivity index is 1.66. The molecule has 1 saturated heterocycles. The van der Waals surface area contributed by atoms with Gasteiger partial charge in [0.15, 0.2) is 0 Å². The van der Waals surface area contributed by atoms with Gasteiger partial charge in [0.25, 0.3) is 0 Å². The van der Waals surface area contributed by atoms with Crippen molar-refractivity contribution in [2.75, 3.05) is 6.54 Å². The Kier molecular flexibility index (Phi) is 3.48. The first-order valence-electron chi connectivity index (χ1n) is 7.43. The maximum atomic E-state index is 11.9. The van der Waals surface area contributed by atoms with Gasteiger partial charge in [0.05, 0.1) is 6.54 Å². The second-order valence-electron chi connectivity index (χ2n) is 6.22. The van der Waals surface area contributed by atoms with E-state index in [4.69, 9.17) is 0 Å². The van der Waals surface area contributed by atoms with Crippen LogP contribution in [0, 0.1) is 5.92 Å². The number of carboxylic acid groups (broad SMARTS) is 1. The quantitative estimate of drug-likeness (QED) is 0.796. The lowest BCUT2D eigenvalue weighted by molar-refractivity contribution is -0.143. The lowest BCUT2D eigenvalue weighted by Crippen LogP contribution is -2.47. The minimum Gasteiger partial charge on any atom is -0.480 e. The van der Waals surface area contributed by atoms with E-state index < -0.39 is 12.0 Å². The molecular formula is C14H22N2O3. The van der Waals surface area contributed by atoms with Crippen LogP contribution in [-0.4, -0.2) is 46.6 Å². The van der Waals surface area contributed by atoms with Crippen LogP contribution in [0.4, 0.5) is 0 Å². The van der Waals surface area contributed by atoms with Crippen LogP contribution in [0.15, 0.2) is 0 Å². The molecule has 2 N–H and O–H groups in total. The molecule has 5 nitrogen and oxygen atoms in total. The summed E-state index contributed by atoms with van der Waals surface area (Å²) in [5.41, 5.74) is 0.